The van der Waals surface area contributed by atoms with Gasteiger partial charge in [-0.25, -0.2) is 12.8 Å². The second-order valence-corrected chi connectivity index (χ2v) is 9.59. The van der Waals surface area contributed by atoms with Crippen LogP contribution in [0.2, 0.25) is 0 Å². The molecule has 146 valence electrons. The molecule has 2 aromatic carbocycles. The molecule has 3 aromatic rings. The van der Waals surface area contributed by atoms with Crippen molar-refractivity contribution in [1.82, 2.24) is 5.32 Å². The Kier molecular flexibility index (Phi) is 5.96. The van der Waals surface area contributed by atoms with Crippen molar-refractivity contribution < 1.29 is 17.6 Å². The van der Waals surface area contributed by atoms with Gasteiger partial charge in [-0.15, -0.1) is 11.3 Å². The van der Waals surface area contributed by atoms with Crippen LogP contribution >= 0.6 is 11.3 Å². The Hall–Kier alpha value is -2.51. The van der Waals surface area contributed by atoms with E-state index in [0.29, 0.717) is 10.4 Å². The molecule has 0 saturated heterocycles. The number of carbonyl (C=O) groups excluding carboxylic acids is 1. The summed E-state index contributed by atoms with van der Waals surface area (Å²) in [5.41, 5.74) is 1.37. The molecule has 1 atom stereocenters. The van der Waals surface area contributed by atoms with Gasteiger partial charge in [0.1, 0.15) is 11.1 Å². The van der Waals surface area contributed by atoms with E-state index in [4.69, 9.17) is 0 Å². The summed E-state index contributed by atoms with van der Waals surface area (Å²) >= 11 is 1.31. The van der Waals surface area contributed by atoms with E-state index in [2.05, 4.69) is 5.32 Å². The van der Waals surface area contributed by atoms with Crippen LogP contribution in [0.1, 0.15) is 31.6 Å². The van der Waals surface area contributed by atoms with Crippen LogP contribution in [0.25, 0.3) is 0 Å². The minimum Gasteiger partial charge on any atom is -0.350 e. The summed E-state index contributed by atoms with van der Waals surface area (Å²) in [5, 5.41) is 3.42. The van der Waals surface area contributed by atoms with E-state index >= 15 is 0 Å². The third-order valence-corrected chi connectivity index (χ3v) is 7.81. The Labute approximate surface area is 168 Å². The average Bonchev–Trinajstić information content (AvgIpc) is 3.18. The van der Waals surface area contributed by atoms with Crippen LogP contribution in [-0.4, -0.2) is 20.9 Å². The van der Waals surface area contributed by atoms with Gasteiger partial charge in [0.2, 0.25) is 0 Å². The van der Waals surface area contributed by atoms with Crippen LogP contribution in [0, 0.1) is 19.7 Å². The standard InChI is InChI=1S/C21H20FNO3S2/c1-14-9-10-15(2)19(12-14)28(25,26)20(18-8-5-11-27-18)13-23-21(24)16-6-3-4-7-17(16)22/h3-12,20H,13H2,1-2H3,(H,23,24)/t20-/m1/s1. The molecule has 0 spiro atoms. The molecule has 0 aliphatic rings. The highest BCUT2D eigenvalue weighted by molar-refractivity contribution is 7.92. The van der Waals surface area contributed by atoms with E-state index in [9.17, 15) is 17.6 Å². The van der Waals surface area contributed by atoms with Crippen LogP contribution in [0.4, 0.5) is 4.39 Å². The maximum absolute atomic E-state index is 13.9. The van der Waals surface area contributed by atoms with Gasteiger partial charge >= 0.3 is 0 Å². The van der Waals surface area contributed by atoms with Crippen molar-refractivity contribution in [3.63, 3.8) is 0 Å². The number of rotatable bonds is 6. The molecule has 1 heterocycles. The summed E-state index contributed by atoms with van der Waals surface area (Å²) in [6.45, 7) is 3.43. The molecule has 28 heavy (non-hydrogen) atoms. The van der Waals surface area contributed by atoms with Gasteiger partial charge in [0, 0.05) is 11.4 Å². The Morgan fingerprint density at radius 2 is 1.86 bits per heavy atom. The molecular weight excluding hydrogens is 397 g/mol. The quantitative estimate of drug-likeness (QED) is 0.645. The molecule has 1 aromatic heterocycles. The minimum absolute atomic E-state index is 0.114. The predicted molar refractivity (Wildman–Crippen MR) is 109 cm³/mol. The van der Waals surface area contributed by atoms with Crippen LogP contribution in [-0.2, 0) is 9.84 Å². The summed E-state index contributed by atoms with van der Waals surface area (Å²) in [5.74, 6) is -1.29. The van der Waals surface area contributed by atoms with Crippen LogP contribution < -0.4 is 5.32 Å². The van der Waals surface area contributed by atoms with Crippen LogP contribution in [0.3, 0.4) is 0 Å². The summed E-state index contributed by atoms with van der Waals surface area (Å²) in [6, 6.07) is 14.4. The van der Waals surface area contributed by atoms with Gasteiger partial charge in [-0.1, -0.05) is 30.3 Å². The second kappa shape index (κ2) is 8.24. The molecule has 0 saturated carbocycles. The number of halogens is 1. The number of aryl methyl sites for hydroxylation is 2. The summed E-state index contributed by atoms with van der Waals surface area (Å²) < 4.78 is 40.7. The molecule has 0 unspecified atom stereocenters. The fraction of sp³-hybridized carbons (Fsp3) is 0.190. The third kappa shape index (κ3) is 4.15. The van der Waals surface area contributed by atoms with E-state index < -0.39 is 26.8 Å². The van der Waals surface area contributed by atoms with Gasteiger partial charge in [0.15, 0.2) is 9.84 Å². The van der Waals surface area contributed by atoms with Crippen molar-refractivity contribution >= 4 is 27.1 Å². The van der Waals surface area contributed by atoms with Crippen molar-refractivity contribution in [3.05, 3.63) is 87.4 Å². The number of hydrogen-bond acceptors (Lipinski definition) is 4. The molecule has 3 rings (SSSR count). The molecule has 1 amide bonds. The highest BCUT2D eigenvalue weighted by Gasteiger charge is 2.32. The number of benzene rings is 2. The lowest BCUT2D eigenvalue weighted by atomic mass is 10.2. The molecular formula is C21H20FNO3S2. The molecule has 4 nitrogen and oxygen atoms in total. The maximum Gasteiger partial charge on any atom is 0.254 e. The average molecular weight is 418 g/mol. The third-order valence-electron chi connectivity index (χ3n) is 4.45. The first-order valence-corrected chi connectivity index (χ1v) is 11.1. The van der Waals surface area contributed by atoms with Crippen molar-refractivity contribution in [2.45, 2.75) is 24.0 Å². The van der Waals surface area contributed by atoms with Crippen LogP contribution in [0.15, 0.2) is 64.9 Å². The first-order valence-electron chi connectivity index (χ1n) is 8.68. The van der Waals surface area contributed by atoms with Gasteiger partial charge < -0.3 is 5.32 Å². The van der Waals surface area contributed by atoms with Crippen LogP contribution in [0.5, 0.6) is 0 Å². The summed E-state index contributed by atoms with van der Waals surface area (Å²) in [6.07, 6.45) is 0. The smallest absolute Gasteiger partial charge is 0.254 e. The lowest BCUT2D eigenvalue weighted by molar-refractivity contribution is 0.0949. The van der Waals surface area contributed by atoms with Gasteiger partial charge in [0.05, 0.1) is 10.5 Å². The Bertz CT molecular complexity index is 1090. The van der Waals surface area contributed by atoms with E-state index in [1.807, 2.05) is 13.0 Å². The molecule has 0 fully saturated rings. The Morgan fingerprint density at radius 3 is 2.54 bits per heavy atom. The molecule has 1 N–H and O–H groups in total. The summed E-state index contributed by atoms with van der Waals surface area (Å²) in [4.78, 5) is 13.2. The largest absolute Gasteiger partial charge is 0.350 e. The monoisotopic (exact) mass is 417 g/mol. The SMILES string of the molecule is Cc1ccc(C)c(S(=O)(=O)[C@H](CNC(=O)c2ccccc2F)c2cccs2)c1. The fourth-order valence-corrected chi connectivity index (χ4v) is 6.04. The zero-order valence-corrected chi connectivity index (χ0v) is 17.1. The van der Waals surface area contributed by atoms with E-state index in [1.54, 1.807) is 42.6 Å². The molecule has 0 bridgehead atoms. The van der Waals surface area contributed by atoms with Crippen molar-refractivity contribution in [2.75, 3.05) is 6.54 Å². The second-order valence-electron chi connectivity index (χ2n) is 6.51. The van der Waals surface area contributed by atoms with Gasteiger partial charge in [-0.3, -0.25) is 4.79 Å². The zero-order chi connectivity index (χ0) is 20.3. The first-order chi connectivity index (χ1) is 13.3. The van der Waals surface area contributed by atoms with E-state index in [0.717, 1.165) is 5.56 Å². The Balaban J connectivity index is 1.93. The lowest BCUT2D eigenvalue weighted by Crippen LogP contribution is -2.32. The topological polar surface area (TPSA) is 63.2 Å². The molecule has 0 radical (unpaired) electrons. The minimum atomic E-state index is -3.76. The normalized spacial score (nSPS) is 12.5. The van der Waals surface area contributed by atoms with Crippen molar-refractivity contribution in [1.29, 1.82) is 0 Å². The fourth-order valence-electron chi connectivity index (χ4n) is 2.93. The first kappa shape index (κ1) is 20.2. The number of hydrogen-bond donors (Lipinski definition) is 1. The molecule has 0 aliphatic heterocycles. The van der Waals surface area contributed by atoms with E-state index in [1.165, 1.54) is 29.5 Å². The zero-order valence-electron chi connectivity index (χ0n) is 15.5. The van der Waals surface area contributed by atoms with Gasteiger partial charge in [-0.2, -0.15) is 0 Å². The number of nitrogens with one attached hydrogen (secondary N) is 1. The molecule has 0 aliphatic carbocycles. The lowest BCUT2D eigenvalue weighted by Gasteiger charge is -2.19. The van der Waals surface area contributed by atoms with Gasteiger partial charge in [0.25, 0.3) is 5.91 Å². The number of thiophene rings is 1. The highest BCUT2D eigenvalue weighted by Crippen LogP contribution is 2.33. The highest BCUT2D eigenvalue weighted by atomic mass is 32.2. The molecule has 7 heteroatoms. The number of carbonyl (C=O) groups is 1. The van der Waals surface area contributed by atoms with Gasteiger partial charge in [-0.05, 0) is 54.6 Å². The van der Waals surface area contributed by atoms with E-state index in [-0.39, 0.29) is 17.0 Å². The number of amides is 1. The van der Waals surface area contributed by atoms with Crippen molar-refractivity contribution in [3.8, 4) is 0 Å². The summed E-state index contributed by atoms with van der Waals surface area (Å²) in [7, 11) is -3.76. The predicted octanol–water partition coefficient (Wildman–Crippen LogP) is 4.45. The Morgan fingerprint density at radius 1 is 1.11 bits per heavy atom. The maximum atomic E-state index is 13.9. The van der Waals surface area contributed by atoms with Crippen molar-refractivity contribution in [2.24, 2.45) is 0 Å². The number of sulfone groups is 1.